The third-order valence-electron chi connectivity index (χ3n) is 3.95. The molecular formula is C17H27ClN2OS2. The van der Waals surface area contributed by atoms with Gasteiger partial charge in [-0.15, -0.1) is 12.4 Å². The fraction of sp³-hybridized carbons (Fsp3) is 0.588. The molecule has 130 valence electrons. The summed E-state index contributed by atoms with van der Waals surface area (Å²) < 4.78 is 0. The first kappa shape index (κ1) is 20.7. The average Bonchev–Trinajstić information content (AvgIpc) is 3.04. The molecule has 1 saturated carbocycles. The third-order valence-corrected chi connectivity index (χ3v) is 6.04. The van der Waals surface area contributed by atoms with Gasteiger partial charge in [-0.2, -0.15) is 23.5 Å². The Morgan fingerprint density at radius 1 is 1.39 bits per heavy atom. The topological polar surface area (TPSA) is 55.1 Å². The van der Waals surface area contributed by atoms with Crippen LogP contribution in [0.2, 0.25) is 0 Å². The summed E-state index contributed by atoms with van der Waals surface area (Å²) in [5.74, 6) is 1.84. The van der Waals surface area contributed by atoms with Crippen molar-refractivity contribution in [2.24, 2.45) is 5.73 Å². The van der Waals surface area contributed by atoms with E-state index in [-0.39, 0.29) is 18.3 Å². The van der Waals surface area contributed by atoms with Gasteiger partial charge in [0.2, 0.25) is 5.91 Å². The number of hydrogen-bond donors (Lipinski definition) is 2. The fourth-order valence-electron chi connectivity index (χ4n) is 2.62. The van der Waals surface area contributed by atoms with Crippen molar-refractivity contribution in [1.29, 1.82) is 0 Å². The number of hydrogen-bond acceptors (Lipinski definition) is 4. The van der Waals surface area contributed by atoms with Crippen LogP contribution in [0.5, 0.6) is 0 Å². The van der Waals surface area contributed by atoms with Crippen molar-refractivity contribution in [2.45, 2.75) is 49.1 Å². The monoisotopic (exact) mass is 374 g/mol. The lowest BCUT2D eigenvalue weighted by atomic mass is 10.2. The molecule has 1 fully saturated rings. The number of carbonyl (C=O) groups is 1. The second-order valence-electron chi connectivity index (χ2n) is 5.80. The Hall–Kier alpha value is -0.360. The lowest BCUT2D eigenvalue weighted by Gasteiger charge is -2.13. The number of anilines is 1. The standard InChI is InChI=1S/C17H26N2OS2.ClH/c1-21-10-9-16(18)17(20)19-14-6-4-5-13(11-14)12-22-15-7-2-3-8-15;/h4-6,11,15-16H,2-3,7-10,12,18H2,1H3,(H,19,20);1H/t16-;/m0./s1. The van der Waals surface area contributed by atoms with Crippen molar-refractivity contribution < 1.29 is 4.79 Å². The highest BCUT2D eigenvalue weighted by Gasteiger charge is 2.16. The molecule has 0 aromatic heterocycles. The van der Waals surface area contributed by atoms with Gasteiger partial charge in [0.1, 0.15) is 0 Å². The van der Waals surface area contributed by atoms with Crippen LogP contribution in [-0.4, -0.2) is 29.2 Å². The van der Waals surface area contributed by atoms with Crippen LogP contribution in [0.25, 0.3) is 0 Å². The summed E-state index contributed by atoms with van der Waals surface area (Å²) >= 11 is 3.75. The summed E-state index contributed by atoms with van der Waals surface area (Å²) in [6.45, 7) is 0. The lowest BCUT2D eigenvalue weighted by Crippen LogP contribution is -2.36. The smallest absolute Gasteiger partial charge is 0.241 e. The molecular weight excluding hydrogens is 348 g/mol. The quantitative estimate of drug-likeness (QED) is 0.712. The zero-order valence-corrected chi connectivity index (χ0v) is 16.1. The minimum Gasteiger partial charge on any atom is -0.325 e. The van der Waals surface area contributed by atoms with E-state index >= 15 is 0 Å². The van der Waals surface area contributed by atoms with E-state index in [2.05, 4.69) is 17.4 Å². The van der Waals surface area contributed by atoms with Gasteiger partial charge in [-0.1, -0.05) is 25.0 Å². The van der Waals surface area contributed by atoms with Gasteiger partial charge < -0.3 is 11.1 Å². The highest BCUT2D eigenvalue weighted by atomic mass is 35.5. The molecule has 1 aliphatic rings. The lowest BCUT2D eigenvalue weighted by molar-refractivity contribution is -0.117. The normalized spacial score (nSPS) is 15.9. The number of halogens is 1. The van der Waals surface area contributed by atoms with Crippen molar-refractivity contribution in [3.8, 4) is 0 Å². The predicted molar refractivity (Wildman–Crippen MR) is 107 cm³/mol. The number of benzene rings is 1. The molecule has 0 aliphatic heterocycles. The Kier molecular flexibility index (Phi) is 10.1. The van der Waals surface area contributed by atoms with Gasteiger partial charge in [-0.3, -0.25) is 4.79 Å². The summed E-state index contributed by atoms with van der Waals surface area (Å²) in [6, 6.07) is 7.71. The first-order chi connectivity index (χ1) is 10.7. The molecule has 0 radical (unpaired) electrons. The zero-order chi connectivity index (χ0) is 15.8. The van der Waals surface area contributed by atoms with Crippen molar-refractivity contribution in [3.05, 3.63) is 29.8 Å². The van der Waals surface area contributed by atoms with Crippen LogP contribution in [0.15, 0.2) is 24.3 Å². The van der Waals surface area contributed by atoms with Gasteiger partial charge in [-0.25, -0.2) is 0 Å². The molecule has 1 aliphatic carbocycles. The molecule has 0 saturated heterocycles. The van der Waals surface area contributed by atoms with E-state index in [1.807, 2.05) is 30.2 Å². The van der Waals surface area contributed by atoms with Crippen LogP contribution in [0.4, 0.5) is 5.69 Å². The number of carbonyl (C=O) groups excluding carboxylic acids is 1. The summed E-state index contributed by atoms with van der Waals surface area (Å²) in [7, 11) is 0. The van der Waals surface area contributed by atoms with Gasteiger partial charge >= 0.3 is 0 Å². The Morgan fingerprint density at radius 2 is 2.13 bits per heavy atom. The summed E-state index contributed by atoms with van der Waals surface area (Å²) in [4.78, 5) is 12.0. The molecule has 3 nitrogen and oxygen atoms in total. The molecule has 23 heavy (non-hydrogen) atoms. The third kappa shape index (κ3) is 7.38. The second kappa shape index (κ2) is 11.2. The molecule has 0 unspecified atom stereocenters. The molecule has 2 rings (SSSR count). The van der Waals surface area contributed by atoms with Gasteiger partial charge in [0.15, 0.2) is 0 Å². The first-order valence-corrected chi connectivity index (χ1v) is 10.4. The maximum Gasteiger partial charge on any atom is 0.241 e. The van der Waals surface area contributed by atoms with Crippen LogP contribution in [0.1, 0.15) is 37.7 Å². The van der Waals surface area contributed by atoms with E-state index in [4.69, 9.17) is 5.73 Å². The largest absolute Gasteiger partial charge is 0.325 e. The summed E-state index contributed by atoms with van der Waals surface area (Å²) in [6.07, 6.45) is 8.19. The zero-order valence-electron chi connectivity index (χ0n) is 13.6. The SMILES string of the molecule is CSCC[C@H](N)C(=O)Nc1cccc(CSC2CCCC2)c1.Cl. The van der Waals surface area contributed by atoms with E-state index < -0.39 is 6.04 Å². The Morgan fingerprint density at radius 3 is 2.83 bits per heavy atom. The highest BCUT2D eigenvalue weighted by Crippen LogP contribution is 2.31. The van der Waals surface area contributed by atoms with Crippen LogP contribution < -0.4 is 11.1 Å². The molecule has 0 spiro atoms. The van der Waals surface area contributed by atoms with E-state index in [9.17, 15) is 4.79 Å². The van der Waals surface area contributed by atoms with Crippen molar-refractivity contribution in [3.63, 3.8) is 0 Å². The van der Waals surface area contributed by atoms with E-state index in [0.717, 1.165) is 22.4 Å². The Bertz CT molecular complexity index is 481. The van der Waals surface area contributed by atoms with Crippen molar-refractivity contribution in [2.75, 3.05) is 17.3 Å². The van der Waals surface area contributed by atoms with E-state index in [1.54, 1.807) is 11.8 Å². The molecule has 1 amide bonds. The molecule has 1 atom stereocenters. The maximum atomic E-state index is 12.0. The predicted octanol–water partition coefficient (Wildman–Crippen LogP) is 4.30. The van der Waals surface area contributed by atoms with Gasteiger partial charge in [-0.05, 0) is 49.0 Å². The van der Waals surface area contributed by atoms with Crippen LogP contribution in [0.3, 0.4) is 0 Å². The number of rotatable bonds is 8. The number of nitrogens with two attached hydrogens (primary N) is 1. The first-order valence-electron chi connectivity index (χ1n) is 7.95. The molecule has 0 heterocycles. The number of nitrogens with one attached hydrogen (secondary N) is 1. The summed E-state index contributed by atoms with van der Waals surface area (Å²) in [5.41, 5.74) is 8.03. The Balaban J connectivity index is 0.00000264. The highest BCUT2D eigenvalue weighted by molar-refractivity contribution is 7.99. The molecule has 1 aromatic carbocycles. The van der Waals surface area contributed by atoms with Crippen LogP contribution in [0, 0.1) is 0 Å². The molecule has 1 aromatic rings. The van der Waals surface area contributed by atoms with Gasteiger partial charge in [0, 0.05) is 16.7 Å². The number of thioether (sulfide) groups is 2. The van der Waals surface area contributed by atoms with Crippen molar-refractivity contribution in [1.82, 2.24) is 0 Å². The maximum absolute atomic E-state index is 12.0. The Labute approximate surface area is 154 Å². The van der Waals surface area contributed by atoms with Crippen LogP contribution >= 0.6 is 35.9 Å². The average molecular weight is 375 g/mol. The van der Waals surface area contributed by atoms with Gasteiger partial charge in [0.25, 0.3) is 0 Å². The summed E-state index contributed by atoms with van der Waals surface area (Å²) in [5, 5.41) is 3.75. The van der Waals surface area contributed by atoms with E-state index in [0.29, 0.717) is 6.42 Å². The molecule has 0 bridgehead atoms. The minimum atomic E-state index is -0.427. The van der Waals surface area contributed by atoms with E-state index in [1.165, 1.54) is 31.2 Å². The van der Waals surface area contributed by atoms with Crippen molar-refractivity contribution >= 4 is 47.5 Å². The fourth-order valence-corrected chi connectivity index (χ4v) is 4.38. The molecule has 6 heteroatoms. The molecule has 3 N–H and O–H groups in total. The minimum absolute atomic E-state index is 0. The van der Waals surface area contributed by atoms with Crippen LogP contribution in [-0.2, 0) is 10.5 Å². The second-order valence-corrected chi connectivity index (χ2v) is 8.07. The number of amides is 1. The van der Waals surface area contributed by atoms with Gasteiger partial charge in [0.05, 0.1) is 6.04 Å².